The van der Waals surface area contributed by atoms with Crippen molar-refractivity contribution in [1.82, 2.24) is 9.80 Å². The Morgan fingerprint density at radius 2 is 1.96 bits per heavy atom. The third kappa shape index (κ3) is 5.30. The Hall–Kier alpha value is -1.92. The molecule has 148 valence electrons. The zero-order valence-electron chi connectivity index (χ0n) is 16.1. The average molecular weight is 374 g/mol. The van der Waals surface area contributed by atoms with Crippen molar-refractivity contribution in [3.05, 3.63) is 35.9 Å². The van der Waals surface area contributed by atoms with E-state index in [1.165, 1.54) is 0 Å². The third-order valence-corrected chi connectivity index (χ3v) is 5.92. The minimum Gasteiger partial charge on any atom is -0.481 e. The lowest BCUT2D eigenvalue weighted by atomic mass is 9.80. The molecule has 3 rings (SSSR count). The van der Waals surface area contributed by atoms with Gasteiger partial charge in [-0.05, 0) is 57.3 Å². The van der Waals surface area contributed by atoms with Crippen LogP contribution >= 0.6 is 0 Å². The molecule has 1 N–H and O–H groups in total. The number of hydrogen-bond donors (Lipinski definition) is 1. The summed E-state index contributed by atoms with van der Waals surface area (Å²) in [5.74, 6) is -0.252. The molecule has 2 saturated heterocycles. The molecule has 2 fully saturated rings. The van der Waals surface area contributed by atoms with Crippen molar-refractivity contribution >= 4 is 11.9 Å². The van der Waals surface area contributed by atoms with Gasteiger partial charge in [-0.2, -0.15) is 0 Å². The monoisotopic (exact) mass is 374 g/mol. The molecular formula is C21H30N2O4. The Morgan fingerprint density at radius 3 is 2.63 bits per heavy atom. The van der Waals surface area contributed by atoms with Crippen LogP contribution in [0.25, 0.3) is 0 Å². The first-order valence-corrected chi connectivity index (χ1v) is 9.86. The van der Waals surface area contributed by atoms with Gasteiger partial charge in [-0.1, -0.05) is 30.3 Å². The van der Waals surface area contributed by atoms with Gasteiger partial charge in [0.15, 0.2) is 0 Å². The number of ether oxygens (including phenoxy) is 1. The van der Waals surface area contributed by atoms with E-state index in [0.717, 1.165) is 38.0 Å². The summed E-state index contributed by atoms with van der Waals surface area (Å²) in [6.07, 6.45) is 2.98. The van der Waals surface area contributed by atoms with Crippen molar-refractivity contribution in [2.45, 2.75) is 44.8 Å². The summed E-state index contributed by atoms with van der Waals surface area (Å²) in [5, 5.41) is 8.77. The third-order valence-electron chi connectivity index (χ3n) is 5.92. The molecule has 1 atom stereocenters. The van der Waals surface area contributed by atoms with Gasteiger partial charge in [0.25, 0.3) is 0 Å². The van der Waals surface area contributed by atoms with Gasteiger partial charge < -0.3 is 19.6 Å². The van der Waals surface area contributed by atoms with E-state index in [0.29, 0.717) is 25.4 Å². The summed E-state index contributed by atoms with van der Waals surface area (Å²) < 4.78 is 6.05. The van der Waals surface area contributed by atoms with Crippen LogP contribution in [0.4, 0.5) is 0 Å². The second-order valence-electron chi connectivity index (χ2n) is 7.95. The second kappa shape index (κ2) is 8.85. The molecule has 1 aromatic carbocycles. The van der Waals surface area contributed by atoms with Crippen LogP contribution < -0.4 is 0 Å². The first-order valence-electron chi connectivity index (χ1n) is 9.86. The highest BCUT2D eigenvalue weighted by atomic mass is 16.5. The first-order chi connectivity index (χ1) is 13.0. The Morgan fingerprint density at radius 1 is 1.26 bits per heavy atom. The summed E-state index contributed by atoms with van der Waals surface area (Å²) >= 11 is 0. The Kier molecular flexibility index (Phi) is 6.50. The van der Waals surface area contributed by atoms with Crippen molar-refractivity contribution in [3.63, 3.8) is 0 Å². The number of benzene rings is 1. The Bertz CT molecular complexity index is 643. The van der Waals surface area contributed by atoms with Crippen LogP contribution in [-0.4, -0.2) is 65.2 Å². The number of carbonyl (C=O) groups is 2. The molecule has 2 aliphatic rings. The molecule has 0 saturated carbocycles. The summed E-state index contributed by atoms with van der Waals surface area (Å²) in [7, 11) is 0. The van der Waals surface area contributed by atoms with Crippen LogP contribution in [-0.2, 0) is 20.9 Å². The van der Waals surface area contributed by atoms with Gasteiger partial charge in [-0.25, -0.2) is 0 Å². The molecule has 0 unspecified atom stereocenters. The minimum absolute atomic E-state index is 0.0578. The smallest absolute Gasteiger partial charge is 0.303 e. The highest BCUT2D eigenvalue weighted by molar-refractivity contribution is 5.78. The molecule has 2 heterocycles. The number of carboxylic acid groups (broad SMARTS) is 1. The molecule has 0 aromatic heterocycles. The average Bonchev–Trinajstić information content (AvgIpc) is 2.66. The van der Waals surface area contributed by atoms with Crippen molar-refractivity contribution in [1.29, 1.82) is 0 Å². The van der Waals surface area contributed by atoms with Gasteiger partial charge in [-0.15, -0.1) is 0 Å². The lowest BCUT2D eigenvalue weighted by Crippen LogP contribution is -2.57. The fourth-order valence-electron chi connectivity index (χ4n) is 4.25. The van der Waals surface area contributed by atoms with Crippen LogP contribution in [0, 0.1) is 5.92 Å². The number of rotatable bonds is 7. The van der Waals surface area contributed by atoms with E-state index in [1.54, 1.807) is 0 Å². The summed E-state index contributed by atoms with van der Waals surface area (Å²) in [6, 6.07) is 10.1. The molecule has 1 amide bonds. The van der Waals surface area contributed by atoms with Gasteiger partial charge in [0.2, 0.25) is 5.91 Å². The van der Waals surface area contributed by atoms with E-state index < -0.39 is 5.97 Å². The van der Waals surface area contributed by atoms with E-state index in [-0.39, 0.29) is 24.5 Å². The maximum Gasteiger partial charge on any atom is 0.303 e. The Labute approximate surface area is 161 Å². The highest BCUT2D eigenvalue weighted by Gasteiger charge is 2.43. The molecule has 1 aromatic rings. The van der Waals surface area contributed by atoms with Crippen LogP contribution in [0.2, 0.25) is 0 Å². The SMILES string of the molecule is C[C@@]1(C2CCN(CCCC(=O)O)CC2)CN(Cc2ccccc2)C(=O)CO1. The second-order valence-corrected chi connectivity index (χ2v) is 7.95. The standard InChI is InChI=1S/C21H30N2O4/c1-21(18-9-12-22(13-10-18)11-5-8-20(25)26)16-23(19(24)15-27-21)14-17-6-3-2-4-7-17/h2-4,6-7,18H,5,8-16H2,1H3,(H,25,26)/t21-/m0/s1. The number of hydrogen-bond acceptors (Lipinski definition) is 4. The van der Waals surface area contributed by atoms with Crippen LogP contribution in [0.5, 0.6) is 0 Å². The van der Waals surface area contributed by atoms with Gasteiger partial charge in [0.05, 0.1) is 12.1 Å². The maximum atomic E-state index is 12.3. The molecule has 0 spiro atoms. The summed E-state index contributed by atoms with van der Waals surface area (Å²) in [6.45, 7) is 6.34. The van der Waals surface area contributed by atoms with Crippen LogP contribution in [0.3, 0.4) is 0 Å². The lowest BCUT2D eigenvalue weighted by Gasteiger charge is -2.47. The fraction of sp³-hybridized carbons (Fsp3) is 0.619. The van der Waals surface area contributed by atoms with Crippen LogP contribution in [0.1, 0.15) is 38.2 Å². The quantitative estimate of drug-likeness (QED) is 0.794. The molecular weight excluding hydrogens is 344 g/mol. The van der Waals surface area contributed by atoms with Gasteiger partial charge in [0.1, 0.15) is 6.61 Å². The number of amides is 1. The molecule has 0 bridgehead atoms. The molecule has 0 aliphatic carbocycles. The van der Waals surface area contributed by atoms with Crippen molar-refractivity contribution < 1.29 is 19.4 Å². The van der Waals surface area contributed by atoms with Gasteiger partial charge in [0, 0.05) is 13.0 Å². The molecule has 27 heavy (non-hydrogen) atoms. The Balaban J connectivity index is 1.53. The van der Waals surface area contributed by atoms with E-state index in [1.807, 2.05) is 23.1 Å². The van der Waals surface area contributed by atoms with E-state index in [2.05, 4.69) is 24.0 Å². The number of piperidine rings is 1. The minimum atomic E-state index is -0.726. The number of carboxylic acids is 1. The lowest BCUT2D eigenvalue weighted by molar-refractivity contribution is -0.174. The zero-order chi connectivity index (χ0) is 19.3. The van der Waals surface area contributed by atoms with Crippen molar-refractivity contribution in [2.75, 3.05) is 32.8 Å². The van der Waals surface area contributed by atoms with E-state index in [4.69, 9.17) is 9.84 Å². The number of aliphatic carboxylic acids is 1. The predicted molar refractivity (Wildman–Crippen MR) is 102 cm³/mol. The summed E-state index contributed by atoms with van der Waals surface area (Å²) in [5.41, 5.74) is 0.832. The molecule has 6 heteroatoms. The predicted octanol–water partition coefficient (Wildman–Crippen LogP) is 2.38. The number of morpholine rings is 1. The van der Waals surface area contributed by atoms with Gasteiger partial charge >= 0.3 is 5.97 Å². The normalized spacial score (nSPS) is 24.9. The largest absolute Gasteiger partial charge is 0.481 e. The molecule has 0 radical (unpaired) electrons. The van der Waals surface area contributed by atoms with E-state index >= 15 is 0 Å². The zero-order valence-corrected chi connectivity index (χ0v) is 16.1. The van der Waals surface area contributed by atoms with Crippen LogP contribution in [0.15, 0.2) is 30.3 Å². The topological polar surface area (TPSA) is 70.1 Å². The first kappa shape index (κ1) is 19.8. The maximum absolute atomic E-state index is 12.3. The van der Waals surface area contributed by atoms with Crippen molar-refractivity contribution in [3.8, 4) is 0 Å². The highest BCUT2D eigenvalue weighted by Crippen LogP contribution is 2.34. The van der Waals surface area contributed by atoms with Crippen molar-refractivity contribution in [2.24, 2.45) is 5.92 Å². The summed E-state index contributed by atoms with van der Waals surface area (Å²) in [4.78, 5) is 27.3. The van der Waals surface area contributed by atoms with Gasteiger partial charge in [-0.3, -0.25) is 9.59 Å². The number of carbonyl (C=O) groups excluding carboxylic acids is 1. The molecule has 6 nitrogen and oxygen atoms in total. The number of likely N-dealkylation sites (tertiary alicyclic amines) is 1. The molecule has 2 aliphatic heterocycles. The van der Waals surface area contributed by atoms with E-state index in [9.17, 15) is 9.59 Å². The number of nitrogens with zero attached hydrogens (tertiary/aromatic N) is 2. The fourth-order valence-corrected chi connectivity index (χ4v) is 4.25.